The van der Waals surface area contributed by atoms with Crippen LogP contribution in [0.5, 0.6) is 5.75 Å². The largest absolute Gasteiger partial charge is 0.496 e. The Morgan fingerprint density at radius 1 is 1.38 bits per heavy atom. The molecule has 24 heavy (non-hydrogen) atoms. The van der Waals surface area contributed by atoms with Gasteiger partial charge in [0.1, 0.15) is 10.6 Å². The van der Waals surface area contributed by atoms with Crippen LogP contribution in [0, 0.1) is 0 Å². The third-order valence-electron chi connectivity index (χ3n) is 4.25. The van der Waals surface area contributed by atoms with Crippen LogP contribution in [0.1, 0.15) is 47.0 Å². The monoisotopic (exact) mass is 418 g/mol. The molecule has 0 radical (unpaired) electrons. The van der Waals surface area contributed by atoms with Crippen LogP contribution >= 0.6 is 15.9 Å². The highest BCUT2D eigenvalue weighted by molar-refractivity contribution is 9.10. The predicted molar refractivity (Wildman–Crippen MR) is 101 cm³/mol. The summed E-state index contributed by atoms with van der Waals surface area (Å²) >= 11 is 3.48. The molecule has 0 aromatic heterocycles. The van der Waals surface area contributed by atoms with E-state index in [0.29, 0.717) is 18.0 Å². The molecule has 1 heterocycles. The lowest BCUT2D eigenvalue weighted by Gasteiger charge is -2.39. The number of nitrogens with one attached hydrogen (secondary N) is 1. The van der Waals surface area contributed by atoms with Crippen molar-refractivity contribution in [1.82, 2.24) is 4.72 Å². The molecule has 5 nitrogen and oxygen atoms in total. The zero-order valence-electron chi connectivity index (χ0n) is 15.0. The molecular formula is C17H27BrN2O3S. The van der Waals surface area contributed by atoms with E-state index in [0.717, 1.165) is 23.7 Å². The van der Waals surface area contributed by atoms with Gasteiger partial charge in [-0.2, -0.15) is 0 Å². The van der Waals surface area contributed by atoms with Crippen LogP contribution in [0.4, 0.5) is 5.69 Å². The highest BCUT2D eigenvalue weighted by Gasteiger charge is 2.36. The fraction of sp³-hybridized carbons (Fsp3) is 0.647. The van der Waals surface area contributed by atoms with Gasteiger partial charge in [-0.3, -0.25) is 0 Å². The van der Waals surface area contributed by atoms with Crippen molar-refractivity contribution in [2.75, 3.05) is 18.6 Å². The summed E-state index contributed by atoms with van der Waals surface area (Å²) in [6, 6.07) is 3.34. The molecule has 0 saturated heterocycles. The van der Waals surface area contributed by atoms with Crippen molar-refractivity contribution in [3.63, 3.8) is 0 Å². The first-order valence-electron chi connectivity index (χ1n) is 8.27. The van der Waals surface area contributed by atoms with Crippen molar-refractivity contribution in [2.45, 2.75) is 63.4 Å². The van der Waals surface area contributed by atoms with E-state index in [1.54, 1.807) is 6.07 Å². The number of hydrogen-bond donors (Lipinski definition) is 1. The number of unbranched alkanes of at least 4 members (excludes halogenated alkanes) is 1. The van der Waals surface area contributed by atoms with E-state index in [-0.39, 0.29) is 16.5 Å². The van der Waals surface area contributed by atoms with E-state index in [2.05, 4.69) is 53.2 Å². The maximum Gasteiger partial charge on any atom is 0.243 e. The van der Waals surface area contributed by atoms with Crippen molar-refractivity contribution in [3.05, 3.63) is 16.6 Å². The lowest BCUT2D eigenvalue weighted by atomic mass is 10.0. The Bertz CT molecular complexity index is 699. The number of fused-ring (bicyclic) bond motifs is 1. The van der Waals surface area contributed by atoms with Gasteiger partial charge < -0.3 is 9.64 Å². The Hall–Kier alpha value is -0.790. The van der Waals surface area contributed by atoms with Crippen LogP contribution in [-0.4, -0.2) is 33.7 Å². The fourth-order valence-electron chi connectivity index (χ4n) is 2.98. The molecule has 1 aromatic carbocycles. The molecule has 0 unspecified atom stereocenters. The van der Waals surface area contributed by atoms with Crippen LogP contribution in [0.25, 0.3) is 0 Å². The van der Waals surface area contributed by atoms with Crippen molar-refractivity contribution >= 4 is 31.6 Å². The third kappa shape index (κ3) is 4.06. The standard InChI is InChI=1S/C17H27BrN2O3S/c1-6-7-8-12-11-20(17(2,3)4)14-9-13(18)15(23-5)10-16(14)24(21,22)19-12/h9-10,12,19H,6-8,11H2,1-5H3/t12-/m1/s1. The summed E-state index contributed by atoms with van der Waals surface area (Å²) in [4.78, 5) is 2.45. The summed E-state index contributed by atoms with van der Waals surface area (Å²) in [5, 5.41) is 0. The zero-order valence-corrected chi connectivity index (χ0v) is 17.4. The first kappa shape index (κ1) is 19.5. The van der Waals surface area contributed by atoms with Gasteiger partial charge in [0, 0.05) is 24.2 Å². The normalized spacial score (nSPS) is 20.4. The second-order valence-corrected chi connectivity index (χ2v) is 9.73. The van der Waals surface area contributed by atoms with Crippen molar-refractivity contribution < 1.29 is 13.2 Å². The topological polar surface area (TPSA) is 58.6 Å². The summed E-state index contributed by atoms with van der Waals surface area (Å²) in [6.45, 7) is 9.06. The molecule has 1 aliphatic rings. The Morgan fingerprint density at radius 2 is 2.04 bits per heavy atom. The SMILES string of the molecule is CCCC[C@@H]1CN(C(C)(C)C)c2cc(Br)c(OC)cc2S(=O)(=O)N1. The van der Waals surface area contributed by atoms with Gasteiger partial charge in [-0.25, -0.2) is 13.1 Å². The molecule has 0 bridgehead atoms. The lowest BCUT2D eigenvalue weighted by Crippen LogP contribution is -2.48. The van der Waals surface area contributed by atoms with E-state index in [4.69, 9.17) is 4.74 Å². The second kappa shape index (κ2) is 7.22. The van der Waals surface area contributed by atoms with Gasteiger partial charge in [-0.1, -0.05) is 19.8 Å². The van der Waals surface area contributed by atoms with E-state index in [1.807, 2.05) is 6.07 Å². The van der Waals surface area contributed by atoms with Crippen molar-refractivity contribution in [3.8, 4) is 5.75 Å². The van der Waals surface area contributed by atoms with E-state index in [1.165, 1.54) is 7.11 Å². The van der Waals surface area contributed by atoms with E-state index < -0.39 is 10.0 Å². The van der Waals surface area contributed by atoms with Crippen molar-refractivity contribution in [1.29, 1.82) is 0 Å². The van der Waals surface area contributed by atoms with Crippen LogP contribution in [-0.2, 0) is 10.0 Å². The van der Waals surface area contributed by atoms with Gasteiger partial charge in [-0.05, 0) is 49.2 Å². The molecule has 0 fully saturated rings. The lowest BCUT2D eigenvalue weighted by molar-refractivity contribution is 0.410. The molecule has 0 spiro atoms. The van der Waals surface area contributed by atoms with E-state index in [9.17, 15) is 8.42 Å². The Balaban J connectivity index is 2.62. The minimum absolute atomic E-state index is 0.105. The Morgan fingerprint density at radius 3 is 2.58 bits per heavy atom. The zero-order chi connectivity index (χ0) is 18.1. The average molecular weight is 419 g/mol. The first-order valence-corrected chi connectivity index (χ1v) is 10.5. The smallest absolute Gasteiger partial charge is 0.243 e. The predicted octanol–water partition coefficient (Wildman–Crippen LogP) is 3.91. The number of halogens is 1. The summed E-state index contributed by atoms with van der Waals surface area (Å²) in [5.74, 6) is 0.514. The van der Waals surface area contributed by atoms with Crippen LogP contribution in [0.15, 0.2) is 21.5 Å². The number of benzene rings is 1. The summed E-state index contributed by atoms with van der Waals surface area (Å²) in [6.07, 6.45) is 2.86. The molecule has 7 heteroatoms. The maximum atomic E-state index is 12.9. The van der Waals surface area contributed by atoms with Gasteiger partial charge in [0.2, 0.25) is 10.0 Å². The highest BCUT2D eigenvalue weighted by Crippen LogP contribution is 2.40. The number of rotatable bonds is 4. The maximum absolute atomic E-state index is 12.9. The molecule has 0 amide bonds. The summed E-state index contributed by atoms with van der Waals surface area (Å²) in [5.41, 5.74) is 0.510. The summed E-state index contributed by atoms with van der Waals surface area (Å²) in [7, 11) is -2.06. The molecule has 0 aliphatic carbocycles. The first-order chi connectivity index (χ1) is 11.1. The molecule has 1 aliphatic heterocycles. The summed E-state index contributed by atoms with van der Waals surface area (Å²) < 4.78 is 34.7. The molecular weight excluding hydrogens is 392 g/mol. The molecule has 1 N–H and O–H groups in total. The van der Waals surface area contributed by atoms with Gasteiger partial charge >= 0.3 is 0 Å². The molecule has 1 atom stereocenters. The number of nitrogens with zero attached hydrogens (tertiary/aromatic N) is 1. The molecule has 136 valence electrons. The van der Waals surface area contributed by atoms with Gasteiger partial charge in [0.25, 0.3) is 0 Å². The Labute approximate surface area is 153 Å². The fourth-order valence-corrected chi connectivity index (χ4v) is 4.94. The second-order valence-electron chi connectivity index (χ2n) is 7.20. The minimum atomic E-state index is -3.59. The van der Waals surface area contributed by atoms with Gasteiger partial charge in [0.15, 0.2) is 0 Å². The van der Waals surface area contributed by atoms with Crippen molar-refractivity contribution in [2.24, 2.45) is 0 Å². The van der Waals surface area contributed by atoms with Gasteiger partial charge in [0.05, 0.1) is 17.3 Å². The number of hydrogen-bond acceptors (Lipinski definition) is 4. The number of ether oxygens (including phenoxy) is 1. The third-order valence-corrected chi connectivity index (χ3v) is 6.42. The van der Waals surface area contributed by atoms with E-state index >= 15 is 0 Å². The van der Waals surface area contributed by atoms with Crippen LogP contribution in [0.2, 0.25) is 0 Å². The Kier molecular flexibility index (Phi) is 5.87. The highest BCUT2D eigenvalue weighted by atomic mass is 79.9. The minimum Gasteiger partial charge on any atom is -0.496 e. The quantitative estimate of drug-likeness (QED) is 0.804. The molecule has 0 saturated carbocycles. The number of methoxy groups -OCH3 is 1. The van der Waals surface area contributed by atoms with Crippen LogP contribution < -0.4 is 14.4 Å². The van der Waals surface area contributed by atoms with Crippen LogP contribution in [0.3, 0.4) is 0 Å². The average Bonchev–Trinajstić information content (AvgIpc) is 2.58. The number of sulfonamides is 1. The van der Waals surface area contributed by atoms with Gasteiger partial charge in [-0.15, -0.1) is 0 Å². The molecule has 1 aromatic rings. The number of anilines is 1. The molecule has 2 rings (SSSR count).